The summed E-state index contributed by atoms with van der Waals surface area (Å²) in [6.07, 6.45) is 7.38. The van der Waals surface area contributed by atoms with E-state index in [9.17, 15) is 27.1 Å². The summed E-state index contributed by atoms with van der Waals surface area (Å²) in [5, 5.41) is 18.3. The van der Waals surface area contributed by atoms with Crippen LogP contribution in [-0.4, -0.2) is 56.2 Å². The first-order valence-corrected chi connectivity index (χ1v) is 14.3. The molecule has 0 bridgehead atoms. The number of nitrogens with one attached hydrogen (secondary N) is 4. The van der Waals surface area contributed by atoms with Gasteiger partial charge in [0.2, 0.25) is 15.9 Å². The number of aromatic nitrogens is 5. The zero-order valence-corrected chi connectivity index (χ0v) is 21.9. The van der Waals surface area contributed by atoms with Crippen LogP contribution in [0.3, 0.4) is 0 Å². The average Bonchev–Trinajstić information content (AvgIpc) is 3.53. The van der Waals surface area contributed by atoms with Crippen LogP contribution in [0, 0.1) is 11.6 Å². The number of aromatic amines is 2. The van der Waals surface area contributed by atoms with Crippen molar-refractivity contribution in [1.82, 2.24) is 29.3 Å². The summed E-state index contributed by atoms with van der Waals surface area (Å²) in [6, 6.07) is 4.01. The van der Waals surface area contributed by atoms with E-state index in [0.717, 1.165) is 25.0 Å². The minimum Gasteiger partial charge on any atom is -0.493 e. The number of hydrogen-bond donors (Lipinski definition) is 5. The molecule has 4 aromatic rings. The lowest BCUT2D eigenvalue weighted by Gasteiger charge is -2.29. The normalized spacial score (nSPS) is 20.9. The summed E-state index contributed by atoms with van der Waals surface area (Å²) in [4.78, 5) is 25.2. The van der Waals surface area contributed by atoms with Gasteiger partial charge in [-0.3, -0.25) is 9.98 Å². The molecule has 2 aliphatic rings. The van der Waals surface area contributed by atoms with Crippen LogP contribution in [0.25, 0.3) is 11.7 Å². The number of fused-ring (bicyclic) bond motifs is 1. The van der Waals surface area contributed by atoms with Gasteiger partial charge in [-0.05, 0) is 56.7 Å². The Kier molecular flexibility index (Phi) is 6.62. The van der Waals surface area contributed by atoms with Crippen molar-refractivity contribution in [3.8, 4) is 5.88 Å². The van der Waals surface area contributed by atoms with Gasteiger partial charge in [-0.2, -0.15) is 9.61 Å². The quantitative estimate of drug-likeness (QED) is 0.220. The molecule has 5 N–H and O–H groups in total. The number of anilines is 1. The highest BCUT2D eigenvalue weighted by Gasteiger charge is 2.28. The third kappa shape index (κ3) is 5.47. The lowest BCUT2D eigenvalue weighted by atomic mass is 9.92. The molecule has 12 nitrogen and oxygen atoms in total. The van der Waals surface area contributed by atoms with Gasteiger partial charge in [0, 0.05) is 29.4 Å². The predicted molar refractivity (Wildman–Crippen MR) is 140 cm³/mol. The Bertz CT molecular complexity index is 1870. The van der Waals surface area contributed by atoms with Gasteiger partial charge in [0.15, 0.2) is 11.1 Å². The Labute approximate surface area is 225 Å². The highest BCUT2D eigenvalue weighted by Crippen LogP contribution is 2.25. The van der Waals surface area contributed by atoms with Crippen molar-refractivity contribution in [2.45, 2.75) is 61.5 Å². The third-order valence-corrected chi connectivity index (χ3v) is 8.52. The molecule has 0 amide bonds. The smallest absolute Gasteiger partial charge is 0.326 e. The molecule has 210 valence electrons. The topological polar surface area (TPSA) is 170 Å². The van der Waals surface area contributed by atoms with E-state index in [-0.39, 0.29) is 23.7 Å². The van der Waals surface area contributed by atoms with Crippen LogP contribution >= 0.6 is 0 Å². The van der Waals surface area contributed by atoms with Gasteiger partial charge in [-0.25, -0.2) is 31.7 Å². The zero-order valence-electron chi connectivity index (χ0n) is 21.1. The summed E-state index contributed by atoms with van der Waals surface area (Å²) in [5.41, 5.74) is 0.750. The van der Waals surface area contributed by atoms with Gasteiger partial charge in [0.05, 0.1) is 12.2 Å². The van der Waals surface area contributed by atoms with Crippen molar-refractivity contribution in [1.29, 1.82) is 0 Å². The highest BCUT2D eigenvalue weighted by atomic mass is 32.2. The molecule has 1 aromatic carbocycles. The lowest BCUT2D eigenvalue weighted by Crippen LogP contribution is -2.40. The maximum absolute atomic E-state index is 14.1. The van der Waals surface area contributed by atoms with E-state index in [1.54, 1.807) is 16.8 Å². The monoisotopic (exact) mass is 572 g/mol. The van der Waals surface area contributed by atoms with Gasteiger partial charge >= 0.3 is 5.69 Å². The molecule has 15 heteroatoms. The summed E-state index contributed by atoms with van der Waals surface area (Å²) >= 11 is 0. The molecule has 0 saturated heterocycles. The fraction of sp³-hybridized carbons (Fsp3) is 0.360. The summed E-state index contributed by atoms with van der Waals surface area (Å²) < 4.78 is 56.7. The summed E-state index contributed by atoms with van der Waals surface area (Å²) in [5.74, 6) is -1.71. The molecule has 0 aliphatic heterocycles. The Balaban J connectivity index is 1.21. The number of nitrogens with zero attached hydrogens (tertiary/aromatic N) is 4. The molecule has 0 radical (unpaired) electrons. The van der Waals surface area contributed by atoms with Crippen molar-refractivity contribution >= 4 is 27.6 Å². The Hall–Kier alpha value is -4.11. The van der Waals surface area contributed by atoms with Crippen LogP contribution in [0.15, 0.2) is 45.1 Å². The van der Waals surface area contributed by atoms with Crippen molar-refractivity contribution in [3.05, 3.63) is 69.0 Å². The van der Waals surface area contributed by atoms with Crippen LogP contribution in [0.4, 0.5) is 14.6 Å². The highest BCUT2D eigenvalue weighted by molar-refractivity contribution is 7.89. The standard InChI is InChI=1S/C25H26F2N8O4S/c26-14-1-8-20(18(27)10-14)40(38,39)34-17-6-4-15(5-7-17)29-21-11-22(30-16-2-3-16)35-23(32-21)13(12-28-35)9-19-24(36)33-25(37)31-19/h1,8-12,15-17,29,34,36H,2-7H2,(H2,31,33,37)/b13-9-,30-22?. The Morgan fingerprint density at radius 1 is 1.07 bits per heavy atom. The van der Waals surface area contributed by atoms with E-state index in [1.807, 2.05) is 6.07 Å². The van der Waals surface area contributed by atoms with Gasteiger partial charge in [-0.1, -0.05) is 0 Å². The molecule has 3 heterocycles. The van der Waals surface area contributed by atoms with Crippen molar-refractivity contribution in [2.75, 3.05) is 5.32 Å². The number of sulfonamides is 1. The third-order valence-electron chi connectivity index (χ3n) is 6.96. The van der Waals surface area contributed by atoms with Crippen molar-refractivity contribution in [2.24, 2.45) is 4.99 Å². The SMILES string of the molecule is O=c1[nH]c(O)c(/C=c2/cnn3c(=NC4CC4)cc(NC4CCC(NS(=O)(=O)c5ccc(F)cc5F)CC4)nc23)[nH]1. The van der Waals surface area contributed by atoms with Crippen LogP contribution < -0.4 is 26.4 Å². The molecule has 6 rings (SSSR count). The van der Waals surface area contributed by atoms with E-state index >= 15 is 0 Å². The maximum Gasteiger partial charge on any atom is 0.326 e. The number of aromatic hydroxyl groups is 1. The predicted octanol–water partition coefficient (Wildman–Crippen LogP) is 1.04. The zero-order chi connectivity index (χ0) is 28.0. The molecular formula is C25H26F2N8O4S. The summed E-state index contributed by atoms with van der Waals surface area (Å²) in [6.45, 7) is 0. The van der Waals surface area contributed by atoms with E-state index in [2.05, 4.69) is 25.1 Å². The largest absolute Gasteiger partial charge is 0.493 e. The van der Waals surface area contributed by atoms with E-state index in [4.69, 9.17) is 9.98 Å². The molecule has 0 unspecified atom stereocenters. The first-order valence-electron chi connectivity index (χ1n) is 12.8. The molecule has 0 atom stereocenters. The first-order chi connectivity index (χ1) is 19.1. The van der Waals surface area contributed by atoms with Crippen molar-refractivity contribution < 1.29 is 22.3 Å². The molecule has 2 fully saturated rings. The number of rotatable bonds is 7. The van der Waals surface area contributed by atoms with E-state index < -0.39 is 38.3 Å². The Morgan fingerprint density at radius 3 is 2.50 bits per heavy atom. The van der Waals surface area contributed by atoms with Gasteiger partial charge in [0.1, 0.15) is 28.0 Å². The lowest BCUT2D eigenvalue weighted by molar-refractivity contribution is 0.386. The molecule has 0 spiro atoms. The second kappa shape index (κ2) is 10.1. The van der Waals surface area contributed by atoms with Gasteiger partial charge in [0.25, 0.3) is 0 Å². The number of halogens is 2. The minimum atomic E-state index is -4.14. The molecule has 2 aliphatic carbocycles. The van der Waals surface area contributed by atoms with Crippen molar-refractivity contribution in [3.63, 3.8) is 0 Å². The molecule has 2 saturated carbocycles. The molecule has 3 aromatic heterocycles. The molecular weight excluding hydrogens is 546 g/mol. The maximum atomic E-state index is 14.1. The molecule has 40 heavy (non-hydrogen) atoms. The Morgan fingerprint density at radius 2 is 1.82 bits per heavy atom. The van der Waals surface area contributed by atoms with E-state index in [1.165, 1.54) is 0 Å². The average molecular weight is 573 g/mol. The first kappa shape index (κ1) is 26.1. The van der Waals surface area contributed by atoms with Crippen LogP contribution in [0.1, 0.15) is 44.2 Å². The number of benzene rings is 1. The number of H-pyrrole nitrogens is 2. The summed E-state index contributed by atoms with van der Waals surface area (Å²) in [7, 11) is -4.14. The fourth-order valence-electron chi connectivity index (χ4n) is 4.81. The number of imidazole rings is 1. The van der Waals surface area contributed by atoms with Crippen LogP contribution in [0.5, 0.6) is 5.88 Å². The van der Waals surface area contributed by atoms with Gasteiger partial charge < -0.3 is 15.4 Å². The second-order valence-corrected chi connectivity index (χ2v) is 11.8. The fourth-order valence-corrected chi connectivity index (χ4v) is 6.18. The minimum absolute atomic E-state index is 0.00698. The second-order valence-electron chi connectivity index (χ2n) is 10.1. The van der Waals surface area contributed by atoms with E-state index in [0.29, 0.717) is 53.9 Å². The van der Waals surface area contributed by atoms with Crippen LogP contribution in [-0.2, 0) is 10.0 Å². The van der Waals surface area contributed by atoms with Gasteiger partial charge in [-0.15, -0.1) is 0 Å². The number of hydrogen-bond acceptors (Lipinski definition) is 8. The van der Waals surface area contributed by atoms with Crippen LogP contribution in [0.2, 0.25) is 0 Å².